The number of thiophene rings is 1. The van der Waals surface area contributed by atoms with E-state index >= 15 is 0 Å². The van der Waals surface area contributed by atoms with Crippen LogP contribution < -0.4 is 0 Å². The third-order valence-electron chi connectivity index (χ3n) is 3.43. The van der Waals surface area contributed by atoms with E-state index in [1.54, 1.807) is 35.6 Å². The van der Waals surface area contributed by atoms with E-state index in [4.69, 9.17) is 4.74 Å². The lowest BCUT2D eigenvalue weighted by molar-refractivity contribution is 0.0480. The molecule has 5 heteroatoms. The zero-order valence-corrected chi connectivity index (χ0v) is 13.9. The van der Waals surface area contributed by atoms with Gasteiger partial charge in [0.25, 0.3) is 0 Å². The van der Waals surface area contributed by atoms with Gasteiger partial charge < -0.3 is 9.47 Å². The summed E-state index contributed by atoms with van der Waals surface area (Å²) in [5.41, 5.74) is 0.482. The number of aryl methyl sites for hydroxylation is 1. The maximum atomic E-state index is 12.1. The Morgan fingerprint density at radius 1 is 0.957 bits per heavy atom. The van der Waals surface area contributed by atoms with Gasteiger partial charge in [0.15, 0.2) is 0 Å². The van der Waals surface area contributed by atoms with Crippen molar-refractivity contribution in [3.63, 3.8) is 0 Å². The predicted molar refractivity (Wildman–Crippen MR) is 89.9 cm³/mol. The first-order valence-electron chi connectivity index (χ1n) is 7.59. The van der Waals surface area contributed by atoms with Crippen LogP contribution in [0, 0.1) is 0 Å². The number of hydrogen-bond donors (Lipinski definition) is 0. The molecule has 0 aliphatic heterocycles. The van der Waals surface area contributed by atoms with E-state index in [0.717, 1.165) is 25.7 Å². The molecule has 1 heterocycles. The fourth-order valence-corrected chi connectivity index (χ4v) is 2.98. The average molecular weight is 332 g/mol. The summed E-state index contributed by atoms with van der Waals surface area (Å²) < 4.78 is 9.93. The quantitative estimate of drug-likeness (QED) is 0.539. The number of carbonyl (C=O) groups excluding carboxylic acids is 2. The highest BCUT2D eigenvalue weighted by atomic mass is 32.1. The Morgan fingerprint density at radius 3 is 2.35 bits per heavy atom. The Bertz CT molecular complexity index is 634. The molecular weight excluding hydrogens is 312 g/mol. The highest BCUT2D eigenvalue weighted by Crippen LogP contribution is 2.14. The van der Waals surface area contributed by atoms with Gasteiger partial charge in [-0.2, -0.15) is 0 Å². The van der Waals surface area contributed by atoms with E-state index in [9.17, 15) is 9.59 Å². The van der Waals surface area contributed by atoms with Gasteiger partial charge in [-0.05, 0) is 49.3 Å². The Hall–Kier alpha value is -2.14. The smallest absolute Gasteiger partial charge is 0.339 e. The molecule has 0 atom stereocenters. The fraction of sp³-hybridized carbons (Fsp3) is 0.333. The summed E-state index contributed by atoms with van der Waals surface area (Å²) in [7, 11) is 1.29. The number of hydrogen-bond acceptors (Lipinski definition) is 5. The minimum absolute atomic E-state index is 0.234. The largest absolute Gasteiger partial charge is 0.465 e. The van der Waals surface area contributed by atoms with Crippen LogP contribution in [0.5, 0.6) is 0 Å². The Kier molecular flexibility index (Phi) is 6.81. The lowest BCUT2D eigenvalue weighted by Crippen LogP contribution is -2.13. The number of carbonyl (C=O) groups is 2. The van der Waals surface area contributed by atoms with Gasteiger partial charge in [-0.15, -0.1) is 11.3 Å². The van der Waals surface area contributed by atoms with Crippen molar-refractivity contribution in [3.05, 3.63) is 57.8 Å². The van der Waals surface area contributed by atoms with Crippen LogP contribution in [0.4, 0.5) is 0 Å². The van der Waals surface area contributed by atoms with Gasteiger partial charge in [-0.25, -0.2) is 9.59 Å². The molecule has 0 N–H and O–H groups in total. The summed E-state index contributed by atoms with van der Waals surface area (Å²) in [5, 5.41) is 2.08. The van der Waals surface area contributed by atoms with Gasteiger partial charge in [0.05, 0.1) is 24.8 Å². The molecule has 0 fully saturated rings. The number of esters is 2. The van der Waals surface area contributed by atoms with Crippen molar-refractivity contribution < 1.29 is 19.1 Å². The topological polar surface area (TPSA) is 52.6 Å². The van der Waals surface area contributed by atoms with Crippen LogP contribution in [0.3, 0.4) is 0 Å². The first-order valence-corrected chi connectivity index (χ1v) is 8.47. The summed E-state index contributed by atoms with van der Waals surface area (Å²) in [6.07, 6.45) is 3.97. The molecule has 2 aromatic rings. The second-order valence-corrected chi connectivity index (χ2v) is 6.10. The van der Waals surface area contributed by atoms with E-state index in [1.165, 1.54) is 12.0 Å². The highest BCUT2D eigenvalue weighted by molar-refractivity contribution is 7.09. The van der Waals surface area contributed by atoms with Gasteiger partial charge in [0.1, 0.15) is 0 Å². The van der Waals surface area contributed by atoms with Gasteiger partial charge in [-0.1, -0.05) is 18.2 Å². The second kappa shape index (κ2) is 9.10. The number of benzene rings is 1. The van der Waals surface area contributed by atoms with Crippen LogP contribution >= 0.6 is 11.3 Å². The Balaban J connectivity index is 1.73. The van der Waals surface area contributed by atoms with Crippen molar-refractivity contribution in [2.24, 2.45) is 0 Å². The van der Waals surface area contributed by atoms with Crippen molar-refractivity contribution >= 4 is 23.3 Å². The molecule has 0 amide bonds. The van der Waals surface area contributed by atoms with Crippen LogP contribution in [0.2, 0.25) is 0 Å². The molecule has 1 aromatic carbocycles. The van der Waals surface area contributed by atoms with E-state index in [0.29, 0.717) is 6.61 Å². The lowest BCUT2D eigenvalue weighted by Gasteiger charge is -2.08. The highest BCUT2D eigenvalue weighted by Gasteiger charge is 2.17. The van der Waals surface area contributed by atoms with Crippen LogP contribution in [0.25, 0.3) is 0 Å². The van der Waals surface area contributed by atoms with Crippen molar-refractivity contribution in [2.75, 3.05) is 13.7 Å². The number of rotatable bonds is 8. The molecule has 0 aliphatic carbocycles. The summed E-state index contributed by atoms with van der Waals surface area (Å²) in [6.45, 7) is 0.360. The molecule has 1 aromatic heterocycles. The van der Waals surface area contributed by atoms with Gasteiger partial charge in [0, 0.05) is 4.88 Å². The molecule has 23 heavy (non-hydrogen) atoms. The SMILES string of the molecule is COC(=O)c1ccccc1C(=O)OCCCCCc1cccs1. The molecule has 0 aliphatic rings. The van der Waals surface area contributed by atoms with Gasteiger partial charge in [0.2, 0.25) is 0 Å². The maximum absolute atomic E-state index is 12.1. The van der Waals surface area contributed by atoms with E-state index in [1.807, 2.05) is 0 Å². The zero-order chi connectivity index (χ0) is 16.5. The van der Waals surface area contributed by atoms with E-state index in [-0.39, 0.29) is 11.1 Å². The molecule has 0 unspecified atom stereocenters. The van der Waals surface area contributed by atoms with Crippen molar-refractivity contribution in [3.8, 4) is 0 Å². The second-order valence-electron chi connectivity index (χ2n) is 5.06. The number of unbranched alkanes of at least 4 members (excludes halogenated alkanes) is 2. The molecule has 0 spiro atoms. The Morgan fingerprint density at radius 2 is 1.70 bits per heavy atom. The molecule has 2 rings (SSSR count). The maximum Gasteiger partial charge on any atom is 0.339 e. The summed E-state index contributed by atoms with van der Waals surface area (Å²) in [6, 6.07) is 10.7. The average Bonchev–Trinajstić information content (AvgIpc) is 3.10. The third kappa shape index (κ3) is 5.21. The molecule has 0 saturated carbocycles. The molecule has 0 bridgehead atoms. The Labute approximate surface area is 140 Å². The first kappa shape index (κ1) is 17.2. The van der Waals surface area contributed by atoms with Gasteiger partial charge >= 0.3 is 11.9 Å². The molecule has 0 radical (unpaired) electrons. The number of methoxy groups -OCH3 is 1. The number of ether oxygens (including phenoxy) is 2. The summed E-state index contributed by atoms with van der Waals surface area (Å²) in [4.78, 5) is 25.1. The van der Waals surface area contributed by atoms with E-state index < -0.39 is 11.9 Å². The standard InChI is InChI=1S/C18H20O4S/c1-21-17(19)15-10-4-5-11-16(15)18(20)22-12-6-2-3-8-14-9-7-13-23-14/h4-5,7,9-11,13H,2-3,6,8,12H2,1H3. The van der Waals surface area contributed by atoms with Crippen LogP contribution in [0.15, 0.2) is 41.8 Å². The molecule has 4 nitrogen and oxygen atoms in total. The molecule has 122 valence electrons. The van der Waals surface area contributed by atoms with Crippen LogP contribution in [-0.4, -0.2) is 25.7 Å². The minimum atomic E-state index is -0.534. The third-order valence-corrected chi connectivity index (χ3v) is 4.37. The zero-order valence-electron chi connectivity index (χ0n) is 13.1. The monoisotopic (exact) mass is 332 g/mol. The van der Waals surface area contributed by atoms with Crippen molar-refractivity contribution in [1.82, 2.24) is 0 Å². The lowest BCUT2D eigenvalue weighted by atomic mass is 10.1. The first-order chi connectivity index (χ1) is 11.2. The predicted octanol–water partition coefficient (Wildman–Crippen LogP) is 4.10. The van der Waals surface area contributed by atoms with Crippen LogP contribution in [-0.2, 0) is 15.9 Å². The van der Waals surface area contributed by atoms with Crippen LogP contribution in [0.1, 0.15) is 44.9 Å². The minimum Gasteiger partial charge on any atom is -0.465 e. The summed E-state index contributed by atoms with van der Waals surface area (Å²) >= 11 is 1.77. The van der Waals surface area contributed by atoms with Crippen molar-refractivity contribution in [2.45, 2.75) is 25.7 Å². The van der Waals surface area contributed by atoms with E-state index in [2.05, 4.69) is 22.2 Å². The van der Waals surface area contributed by atoms with Gasteiger partial charge in [-0.3, -0.25) is 0 Å². The molecule has 0 saturated heterocycles. The normalized spacial score (nSPS) is 10.3. The molecular formula is C18H20O4S. The summed E-state index contributed by atoms with van der Waals surface area (Å²) in [5.74, 6) is -1.02. The van der Waals surface area contributed by atoms with Crippen molar-refractivity contribution in [1.29, 1.82) is 0 Å². The fourth-order valence-electron chi connectivity index (χ4n) is 2.22.